The molecule has 0 aliphatic rings. The molecule has 1 unspecified atom stereocenters. The van der Waals surface area contributed by atoms with E-state index in [1.807, 2.05) is 18.8 Å². The molecule has 0 bridgehead atoms. The highest BCUT2D eigenvalue weighted by Crippen LogP contribution is 2.26. The van der Waals surface area contributed by atoms with Crippen LogP contribution in [0.1, 0.15) is 16.6 Å². The topological polar surface area (TPSA) is 29.9 Å². The molecular formula is C11H14ClN3S. The van der Waals surface area contributed by atoms with Gasteiger partial charge in [-0.1, -0.05) is 17.7 Å². The van der Waals surface area contributed by atoms with Gasteiger partial charge >= 0.3 is 0 Å². The minimum atomic E-state index is 0.207. The molecule has 3 nitrogen and oxygen atoms in total. The first-order valence-corrected chi connectivity index (χ1v) is 6.35. The van der Waals surface area contributed by atoms with Gasteiger partial charge in [0.25, 0.3) is 0 Å². The van der Waals surface area contributed by atoms with Crippen LogP contribution in [-0.4, -0.2) is 16.8 Å². The first-order valence-electron chi connectivity index (χ1n) is 5.09. The number of halogens is 1. The van der Waals surface area contributed by atoms with Crippen molar-refractivity contribution in [3.8, 4) is 0 Å². The van der Waals surface area contributed by atoms with Crippen LogP contribution in [0.4, 0.5) is 0 Å². The minimum absolute atomic E-state index is 0.207. The van der Waals surface area contributed by atoms with E-state index in [0.717, 1.165) is 17.1 Å². The van der Waals surface area contributed by atoms with Crippen LogP contribution < -0.4 is 5.32 Å². The van der Waals surface area contributed by atoms with Gasteiger partial charge in [0.15, 0.2) is 0 Å². The fourth-order valence-corrected chi connectivity index (χ4v) is 2.83. The molecule has 0 aliphatic heterocycles. The van der Waals surface area contributed by atoms with Crippen LogP contribution in [0.3, 0.4) is 0 Å². The van der Waals surface area contributed by atoms with E-state index in [9.17, 15) is 0 Å². The molecular weight excluding hydrogens is 242 g/mol. The summed E-state index contributed by atoms with van der Waals surface area (Å²) in [5, 5.41) is 10.3. The molecule has 16 heavy (non-hydrogen) atoms. The smallest absolute Gasteiger partial charge is 0.0834 e. The Morgan fingerprint density at radius 3 is 2.94 bits per heavy atom. The van der Waals surface area contributed by atoms with Gasteiger partial charge in [-0.3, -0.25) is 4.68 Å². The zero-order valence-electron chi connectivity index (χ0n) is 9.27. The Labute approximate surface area is 104 Å². The number of nitrogens with one attached hydrogen (secondary N) is 1. The van der Waals surface area contributed by atoms with Crippen LogP contribution in [0.25, 0.3) is 0 Å². The van der Waals surface area contributed by atoms with E-state index in [-0.39, 0.29) is 6.04 Å². The van der Waals surface area contributed by atoms with E-state index >= 15 is 0 Å². The summed E-state index contributed by atoms with van der Waals surface area (Å²) in [6, 6.07) is 4.41. The maximum atomic E-state index is 6.14. The molecule has 0 saturated carbocycles. The lowest BCUT2D eigenvalue weighted by Crippen LogP contribution is -2.21. The molecule has 86 valence electrons. The minimum Gasteiger partial charge on any atom is -0.311 e. The first kappa shape index (κ1) is 11.6. The molecule has 0 radical (unpaired) electrons. The molecule has 1 N–H and O–H groups in total. The van der Waals surface area contributed by atoms with Crippen LogP contribution in [0, 0.1) is 0 Å². The van der Waals surface area contributed by atoms with Gasteiger partial charge in [0.2, 0.25) is 0 Å². The normalized spacial score (nSPS) is 12.9. The molecule has 1 atom stereocenters. The highest BCUT2D eigenvalue weighted by atomic mass is 35.5. The van der Waals surface area contributed by atoms with Crippen molar-refractivity contribution in [2.75, 3.05) is 7.05 Å². The van der Waals surface area contributed by atoms with E-state index in [4.69, 9.17) is 11.6 Å². The predicted octanol–water partition coefficient (Wildman–Crippen LogP) is 2.64. The van der Waals surface area contributed by atoms with E-state index in [1.54, 1.807) is 17.5 Å². The van der Waals surface area contributed by atoms with E-state index in [0.29, 0.717) is 0 Å². The molecule has 0 aromatic carbocycles. The Morgan fingerprint density at radius 1 is 1.62 bits per heavy atom. The molecule has 2 heterocycles. The fraction of sp³-hybridized carbons (Fsp3) is 0.364. The average molecular weight is 256 g/mol. The average Bonchev–Trinajstić information content (AvgIpc) is 2.87. The summed E-state index contributed by atoms with van der Waals surface area (Å²) in [7, 11) is 3.86. The molecule has 2 rings (SSSR count). The van der Waals surface area contributed by atoms with E-state index in [1.165, 1.54) is 4.88 Å². The Bertz CT molecular complexity index is 430. The number of aryl methyl sites for hydroxylation is 1. The molecule has 0 spiro atoms. The van der Waals surface area contributed by atoms with Crippen LogP contribution in [0.2, 0.25) is 5.02 Å². The Hall–Kier alpha value is -0.840. The third kappa shape index (κ3) is 2.29. The number of hydrogen-bond donors (Lipinski definition) is 1. The van der Waals surface area contributed by atoms with Gasteiger partial charge < -0.3 is 5.32 Å². The van der Waals surface area contributed by atoms with E-state index < -0.39 is 0 Å². The molecule has 0 amide bonds. The summed E-state index contributed by atoms with van der Waals surface area (Å²) in [5.74, 6) is 0. The molecule has 5 heteroatoms. The van der Waals surface area contributed by atoms with Crippen molar-refractivity contribution in [3.05, 3.63) is 39.3 Å². The van der Waals surface area contributed by atoms with Crippen LogP contribution >= 0.6 is 22.9 Å². The largest absolute Gasteiger partial charge is 0.311 e. The SMILES string of the molecule is CNC(Cc1cccs1)c1c(Cl)cnn1C. The number of hydrogen-bond acceptors (Lipinski definition) is 3. The number of nitrogens with zero attached hydrogens (tertiary/aromatic N) is 2. The van der Waals surface area contributed by atoms with Crippen molar-refractivity contribution in [2.24, 2.45) is 7.05 Å². The summed E-state index contributed by atoms with van der Waals surface area (Å²) in [6.07, 6.45) is 2.63. The summed E-state index contributed by atoms with van der Waals surface area (Å²) in [5.41, 5.74) is 1.04. The van der Waals surface area contributed by atoms with Crippen molar-refractivity contribution in [1.29, 1.82) is 0 Å². The monoisotopic (exact) mass is 255 g/mol. The zero-order chi connectivity index (χ0) is 11.5. The second-order valence-electron chi connectivity index (χ2n) is 3.63. The Balaban J connectivity index is 2.23. The van der Waals surface area contributed by atoms with Gasteiger partial charge in [-0.15, -0.1) is 11.3 Å². The molecule has 2 aromatic heterocycles. The lowest BCUT2D eigenvalue weighted by Gasteiger charge is -2.16. The third-order valence-electron chi connectivity index (χ3n) is 2.60. The maximum Gasteiger partial charge on any atom is 0.0834 e. The lowest BCUT2D eigenvalue weighted by atomic mass is 10.1. The Morgan fingerprint density at radius 2 is 2.44 bits per heavy atom. The standard InChI is InChI=1S/C11H14ClN3S/c1-13-10(6-8-4-3-5-16-8)11-9(12)7-14-15(11)2/h3-5,7,10,13H,6H2,1-2H3. The second kappa shape index (κ2) is 4.99. The van der Waals surface area contributed by atoms with Gasteiger partial charge in [-0.05, 0) is 18.5 Å². The number of likely N-dealkylation sites (N-methyl/N-ethyl adjacent to an activating group) is 1. The lowest BCUT2D eigenvalue weighted by molar-refractivity contribution is 0.541. The van der Waals surface area contributed by atoms with Crippen LogP contribution in [0.15, 0.2) is 23.7 Å². The summed E-state index contributed by atoms with van der Waals surface area (Å²) < 4.78 is 1.83. The highest BCUT2D eigenvalue weighted by Gasteiger charge is 2.18. The van der Waals surface area contributed by atoms with Crippen molar-refractivity contribution < 1.29 is 0 Å². The van der Waals surface area contributed by atoms with Crippen LogP contribution in [0.5, 0.6) is 0 Å². The fourth-order valence-electron chi connectivity index (χ4n) is 1.78. The number of rotatable bonds is 4. The summed E-state index contributed by atoms with van der Waals surface area (Å²) in [4.78, 5) is 1.34. The maximum absolute atomic E-state index is 6.14. The van der Waals surface area contributed by atoms with Crippen molar-refractivity contribution >= 4 is 22.9 Å². The van der Waals surface area contributed by atoms with Gasteiger partial charge in [0, 0.05) is 18.3 Å². The molecule has 0 saturated heterocycles. The number of aromatic nitrogens is 2. The van der Waals surface area contributed by atoms with Gasteiger partial charge in [-0.2, -0.15) is 5.10 Å². The van der Waals surface area contributed by atoms with Crippen molar-refractivity contribution in [3.63, 3.8) is 0 Å². The first-order chi connectivity index (χ1) is 7.72. The molecule has 0 aliphatic carbocycles. The predicted molar refractivity (Wildman–Crippen MR) is 68.0 cm³/mol. The van der Waals surface area contributed by atoms with E-state index in [2.05, 4.69) is 27.9 Å². The van der Waals surface area contributed by atoms with Gasteiger partial charge in [0.05, 0.1) is 23.0 Å². The highest BCUT2D eigenvalue weighted by molar-refractivity contribution is 7.09. The molecule has 0 fully saturated rings. The second-order valence-corrected chi connectivity index (χ2v) is 5.07. The third-order valence-corrected chi connectivity index (χ3v) is 3.79. The van der Waals surface area contributed by atoms with Gasteiger partial charge in [0.1, 0.15) is 0 Å². The van der Waals surface area contributed by atoms with Gasteiger partial charge in [-0.25, -0.2) is 0 Å². The van der Waals surface area contributed by atoms with Crippen LogP contribution in [-0.2, 0) is 13.5 Å². The molecule has 2 aromatic rings. The summed E-state index contributed by atoms with van der Waals surface area (Å²) >= 11 is 7.90. The zero-order valence-corrected chi connectivity index (χ0v) is 10.8. The Kier molecular flexibility index (Phi) is 3.63. The van der Waals surface area contributed by atoms with Crippen molar-refractivity contribution in [1.82, 2.24) is 15.1 Å². The number of thiophene rings is 1. The van der Waals surface area contributed by atoms with Crippen molar-refractivity contribution in [2.45, 2.75) is 12.5 Å². The summed E-state index contributed by atoms with van der Waals surface area (Å²) in [6.45, 7) is 0. The quantitative estimate of drug-likeness (QED) is 0.910.